The lowest BCUT2D eigenvalue weighted by Gasteiger charge is -2.02. The highest BCUT2D eigenvalue weighted by molar-refractivity contribution is 8.07. The largest absolute Gasteiger partial charge is 0.461 e. The maximum atomic E-state index is 10.9. The summed E-state index contributed by atoms with van der Waals surface area (Å²) in [6.45, 7) is 3.57. The Morgan fingerprint density at radius 3 is 2.75 bits per heavy atom. The van der Waals surface area contributed by atoms with Gasteiger partial charge >= 0.3 is 5.97 Å². The van der Waals surface area contributed by atoms with Crippen LogP contribution in [0, 0.1) is 10.7 Å². The number of nitrogens with zero attached hydrogens (tertiary/aromatic N) is 1. The zero-order valence-electron chi connectivity index (χ0n) is 6.96. The van der Waals surface area contributed by atoms with Gasteiger partial charge in [-0.25, -0.2) is 4.79 Å². The molecule has 0 spiro atoms. The molecule has 0 fully saturated rings. The Bertz CT molecular complexity index is 242. The first-order valence-electron chi connectivity index (χ1n) is 3.32. The van der Waals surface area contributed by atoms with E-state index in [1.54, 1.807) is 13.8 Å². The summed E-state index contributed by atoms with van der Waals surface area (Å²) in [5.74, 6) is -0.572. The van der Waals surface area contributed by atoms with Crippen molar-refractivity contribution in [1.29, 1.82) is 5.26 Å². The number of rotatable bonds is 3. The van der Waals surface area contributed by atoms with Gasteiger partial charge in [0.2, 0.25) is 0 Å². The average Bonchev–Trinajstić information content (AvgIpc) is 2.04. The minimum absolute atomic E-state index is 0.00315. The van der Waals surface area contributed by atoms with Crippen molar-refractivity contribution >= 4 is 17.7 Å². The van der Waals surface area contributed by atoms with Crippen LogP contribution in [0.2, 0.25) is 0 Å². The van der Waals surface area contributed by atoms with Crippen LogP contribution in [0.1, 0.15) is 13.8 Å². The average molecular weight is 186 g/mol. The van der Waals surface area contributed by atoms with Crippen molar-refractivity contribution in [3.63, 3.8) is 0 Å². The van der Waals surface area contributed by atoms with E-state index in [1.807, 2.05) is 5.40 Å². The van der Waals surface area contributed by atoms with Crippen molar-refractivity contribution in [1.82, 2.24) is 0 Å². The summed E-state index contributed by atoms with van der Waals surface area (Å²) < 4.78 is 4.63. The molecule has 0 aromatic heterocycles. The van der Waals surface area contributed by atoms with Gasteiger partial charge in [0.05, 0.1) is 6.61 Å². The van der Waals surface area contributed by atoms with Gasteiger partial charge in [-0.1, -0.05) is 0 Å². The summed E-state index contributed by atoms with van der Waals surface area (Å²) in [7, 11) is 0. The maximum absolute atomic E-state index is 10.9. The molecule has 4 nitrogen and oxygen atoms in total. The highest BCUT2D eigenvalue weighted by atomic mass is 32.2. The Hall–Kier alpha value is -1.15. The van der Waals surface area contributed by atoms with E-state index in [1.165, 1.54) is 0 Å². The van der Waals surface area contributed by atoms with Gasteiger partial charge in [0.1, 0.15) is 11.1 Å². The van der Waals surface area contributed by atoms with Crippen LogP contribution in [0.5, 0.6) is 0 Å². The van der Waals surface area contributed by atoms with Crippen molar-refractivity contribution in [3.8, 4) is 5.40 Å². The van der Waals surface area contributed by atoms with Gasteiger partial charge in [0, 0.05) is 4.91 Å². The van der Waals surface area contributed by atoms with Crippen LogP contribution < -0.4 is 5.73 Å². The lowest BCUT2D eigenvalue weighted by atomic mass is 10.4. The van der Waals surface area contributed by atoms with Crippen LogP contribution in [0.25, 0.3) is 0 Å². The van der Waals surface area contributed by atoms with Gasteiger partial charge in [0.15, 0.2) is 0 Å². The third-order valence-electron chi connectivity index (χ3n) is 1.07. The lowest BCUT2D eigenvalue weighted by molar-refractivity contribution is -0.138. The summed E-state index contributed by atoms with van der Waals surface area (Å²) >= 11 is 0.853. The molecule has 0 aliphatic rings. The molecule has 0 saturated carbocycles. The predicted octanol–water partition coefficient (Wildman–Crippen LogP) is 0.954. The molecule has 0 bridgehead atoms. The third-order valence-corrected chi connectivity index (χ3v) is 1.69. The number of carbonyl (C=O) groups excluding carboxylic acids is 1. The predicted molar refractivity (Wildman–Crippen MR) is 46.7 cm³/mol. The molecule has 0 unspecified atom stereocenters. The van der Waals surface area contributed by atoms with Crippen LogP contribution in [0.3, 0.4) is 0 Å². The molecular formula is C7H10N2O2S. The zero-order chi connectivity index (χ0) is 9.56. The number of esters is 1. The first-order chi connectivity index (χ1) is 5.63. The van der Waals surface area contributed by atoms with Crippen molar-refractivity contribution in [2.45, 2.75) is 13.8 Å². The van der Waals surface area contributed by atoms with E-state index in [9.17, 15) is 4.79 Å². The molecule has 0 aromatic carbocycles. The summed E-state index contributed by atoms with van der Waals surface area (Å²) in [6, 6.07) is 0. The van der Waals surface area contributed by atoms with Crippen molar-refractivity contribution in [3.05, 3.63) is 10.6 Å². The smallest absolute Gasteiger partial charge is 0.355 e. The third kappa shape index (κ3) is 3.30. The Morgan fingerprint density at radius 1 is 1.75 bits per heavy atom. The monoisotopic (exact) mass is 186 g/mol. The first-order valence-corrected chi connectivity index (χ1v) is 4.14. The van der Waals surface area contributed by atoms with Crippen LogP contribution >= 0.6 is 11.8 Å². The first kappa shape index (κ1) is 10.8. The summed E-state index contributed by atoms with van der Waals surface area (Å²) in [4.78, 5) is 11.4. The summed E-state index contributed by atoms with van der Waals surface area (Å²) in [5.41, 5.74) is 5.37. The molecule has 0 heterocycles. The van der Waals surface area contributed by atoms with Gasteiger partial charge in [0.25, 0.3) is 0 Å². The van der Waals surface area contributed by atoms with Gasteiger partial charge in [-0.3, -0.25) is 0 Å². The number of allylic oxidation sites excluding steroid dienone is 1. The van der Waals surface area contributed by atoms with E-state index in [4.69, 9.17) is 11.0 Å². The maximum Gasteiger partial charge on any atom is 0.355 e. The molecule has 0 aliphatic heterocycles. The van der Waals surface area contributed by atoms with Crippen LogP contribution in [-0.2, 0) is 9.53 Å². The minimum Gasteiger partial charge on any atom is -0.461 e. The quantitative estimate of drug-likeness (QED) is 0.403. The molecule has 0 rings (SSSR count). The number of carbonyl (C=O) groups is 1. The Balaban J connectivity index is 4.34. The molecule has 0 aliphatic carbocycles. The van der Waals surface area contributed by atoms with Crippen LogP contribution in [0.15, 0.2) is 10.6 Å². The second kappa shape index (κ2) is 5.49. The van der Waals surface area contributed by atoms with Crippen molar-refractivity contribution in [2.75, 3.05) is 6.61 Å². The fraction of sp³-hybridized carbons (Fsp3) is 0.429. The standard InChI is InChI=1S/C7H10N2O2S/c1-3-11-7(10)6(9)5(2)12-4-8/h3,9H2,1-2H3. The summed E-state index contributed by atoms with van der Waals surface area (Å²) in [5, 5.41) is 10.1. The van der Waals surface area contributed by atoms with E-state index in [2.05, 4.69) is 4.74 Å². The second-order valence-corrected chi connectivity index (χ2v) is 2.88. The molecule has 12 heavy (non-hydrogen) atoms. The summed E-state index contributed by atoms with van der Waals surface area (Å²) in [6.07, 6.45) is 0. The molecule has 5 heteroatoms. The second-order valence-electron chi connectivity index (χ2n) is 1.88. The molecule has 0 radical (unpaired) electrons. The van der Waals surface area contributed by atoms with E-state index in [0.717, 1.165) is 11.8 Å². The number of thiocyanates is 1. The molecule has 0 atom stereocenters. The minimum atomic E-state index is -0.572. The van der Waals surface area contributed by atoms with Crippen LogP contribution in [-0.4, -0.2) is 12.6 Å². The molecule has 66 valence electrons. The highest BCUT2D eigenvalue weighted by Gasteiger charge is 2.09. The molecule has 0 amide bonds. The number of thioether (sulfide) groups is 1. The van der Waals surface area contributed by atoms with Crippen LogP contribution in [0.4, 0.5) is 0 Å². The number of ether oxygens (including phenoxy) is 1. The zero-order valence-corrected chi connectivity index (χ0v) is 7.77. The highest BCUT2D eigenvalue weighted by Crippen LogP contribution is 2.15. The van der Waals surface area contributed by atoms with E-state index < -0.39 is 5.97 Å². The molecule has 0 aromatic rings. The topological polar surface area (TPSA) is 76.1 Å². The number of nitrogens with two attached hydrogens (primary N) is 1. The van der Waals surface area contributed by atoms with Gasteiger partial charge in [-0.15, -0.1) is 0 Å². The van der Waals surface area contributed by atoms with E-state index in [0.29, 0.717) is 4.91 Å². The Morgan fingerprint density at radius 2 is 2.33 bits per heavy atom. The molecule has 0 saturated heterocycles. The number of hydrogen-bond acceptors (Lipinski definition) is 5. The normalized spacial score (nSPS) is 11.4. The Labute approximate surface area is 75.4 Å². The van der Waals surface area contributed by atoms with Gasteiger partial charge < -0.3 is 10.5 Å². The Kier molecular flexibility index (Phi) is 4.97. The van der Waals surface area contributed by atoms with Gasteiger partial charge in [-0.05, 0) is 25.6 Å². The fourth-order valence-corrected chi connectivity index (χ4v) is 0.806. The SMILES string of the molecule is CCOC(=O)C(N)=C(C)SC#N. The molecular weight excluding hydrogens is 176 g/mol. The molecule has 2 N–H and O–H groups in total. The van der Waals surface area contributed by atoms with E-state index >= 15 is 0 Å². The lowest BCUT2D eigenvalue weighted by Crippen LogP contribution is -2.15. The number of nitriles is 1. The van der Waals surface area contributed by atoms with Crippen molar-refractivity contribution < 1.29 is 9.53 Å². The number of hydrogen-bond donors (Lipinski definition) is 1. The fourth-order valence-electron chi connectivity index (χ4n) is 0.476. The van der Waals surface area contributed by atoms with Crippen molar-refractivity contribution in [2.24, 2.45) is 5.73 Å². The van der Waals surface area contributed by atoms with Gasteiger partial charge in [-0.2, -0.15) is 5.26 Å². The van der Waals surface area contributed by atoms with E-state index in [-0.39, 0.29) is 12.3 Å².